The second-order valence-corrected chi connectivity index (χ2v) is 5.48. The molecule has 0 saturated carbocycles. The smallest absolute Gasteiger partial charge is 0.357 e. The molecule has 3 nitrogen and oxygen atoms in total. The fraction of sp³-hybridized carbons (Fsp3) is 0.286. The molecule has 0 amide bonds. The summed E-state index contributed by atoms with van der Waals surface area (Å²) in [5.74, 6) is 0. The van der Waals surface area contributed by atoms with Crippen molar-refractivity contribution in [1.82, 2.24) is 4.98 Å². The van der Waals surface area contributed by atoms with Crippen LogP contribution in [0.2, 0.25) is 0 Å². The highest BCUT2D eigenvalue weighted by atomic mass is 32.1. The number of halogens is 6. The Balaban J connectivity index is 2.44. The number of hydrogen-bond acceptors (Lipinski definition) is 3. The Morgan fingerprint density at radius 3 is 2.38 bits per heavy atom. The Bertz CT molecular complexity index is 730. The maximum atomic E-state index is 13.0. The molecular weight excluding hydrogens is 356 g/mol. The van der Waals surface area contributed by atoms with E-state index in [1.165, 1.54) is 22.2 Å². The normalized spacial score (nSPS) is 12.0. The summed E-state index contributed by atoms with van der Waals surface area (Å²) in [6.07, 6.45) is -9.44. The minimum atomic E-state index is -4.83. The summed E-state index contributed by atoms with van der Waals surface area (Å²) in [4.78, 5) is 7.37. The van der Waals surface area contributed by atoms with Gasteiger partial charge < -0.3 is 4.90 Å². The van der Waals surface area contributed by atoms with Crippen molar-refractivity contribution in [2.24, 2.45) is 0 Å². The van der Waals surface area contributed by atoms with Crippen molar-refractivity contribution in [2.45, 2.75) is 18.9 Å². The first-order chi connectivity index (χ1) is 11.1. The second kappa shape index (κ2) is 6.68. The molecule has 1 heterocycles. The van der Waals surface area contributed by atoms with E-state index >= 15 is 0 Å². The van der Waals surface area contributed by atoms with E-state index in [9.17, 15) is 26.3 Å². The Kier molecular flexibility index (Phi) is 5.03. The molecule has 10 heteroatoms. The Hall–Kier alpha value is -2.28. The zero-order valence-electron chi connectivity index (χ0n) is 11.8. The van der Waals surface area contributed by atoms with Gasteiger partial charge in [-0.3, -0.25) is 0 Å². The molecule has 1 aromatic carbocycles. The lowest BCUT2D eigenvalue weighted by atomic mass is 10.1. The predicted octanol–water partition coefficient (Wildman–Crippen LogP) is 5.28. The first-order valence-corrected chi connectivity index (χ1v) is 7.32. The highest BCUT2D eigenvalue weighted by molar-refractivity contribution is 7.07. The van der Waals surface area contributed by atoms with Crippen LogP contribution < -0.4 is 4.90 Å². The molecule has 0 saturated heterocycles. The van der Waals surface area contributed by atoms with Crippen LogP contribution in [0.3, 0.4) is 0 Å². The highest BCUT2D eigenvalue weighted by Crippen LogP contribution is 2.39. The van der Waals surface area contributed by atoms with Gasteiger partial charge >= 0.3 is 12.4 Å². The van der Waals surface area contributed by atoms with Crippen LogP contribution >= 0.6 is 11.3 Å². The van der Waals surface area contributed by atoms with E-state index < -0.39 is 30.1 Å². The lowest BCUT2D eigenvalue weighted by Gasteiger charge is -2.26. The molecule has 0 aliphatic rings. The standard InChI is InChI=1S/C14H9F6N3S/c1-21-12-3-2-10(4-11(12)14(18,19)20)23(7-13(15,16)17)5-9-6-24-8-22-9/h2-4,6,8H,5,7H2. The van der Waals surface area contributed by atoms with E-state index in [-0.39, 0.29) is 12.2 Å². The minimum absolute atomic E-state index is 0.278. The van der Waals surface area contributed by atoms with Crippen LogP contribution in [-0.4, -0.2) is 17.7 Å². The molecule has 0 fully saturated rings. The van der Waals surface area contributed by atoms with Crippen molar-refractivity contribution in [3.8, 4) is 0 Å². The van der Waals surface area contributed by atoms with Gasteiger partial charge in [0, 0.05) is 11.1 Å². The zero-order chi connectivity index (χ0) is 18.0. The van der Waals surface area contributed by atoms with Crippen LogP contribution in [0.15, 0.2) is 29.1 Å². The van der Waals surface area contributed by atoms with Crippen molar-refractivity contribution >= 4 is 22.7 Å². The summed E-state index contributed by atoms with van der Waals surface area (Å²) in [7, 11) is 0. The molecule has 24 heavy (non-hydrogen) atoms. The lowest BCUT2D eigenvalue weighted by molar-refractivity contribution is -0.136. The number of alkyl halides is 6. The first-order valence-electron chi connectivity index (χ1n) is 6.37. The number of rotatable bonds is 4. The second-order valence-electron chi connectivity index (χ2n) is 4.76. The van der Waals surface area contributed by atoms with E-state index in [0.29, 0.717) is 11.8 Å². The van der Waals surface area contributed by atoms with Gasteiger partial charge in [-0.15, -0.1) is 11.3 Å². The van der Waals surface area contributed by atoms with Gasteiger partial charge in [0.15, 0.2) is 5.69 Å². The third kappa shape index (κ3) is 4.61. The van der Waals surface area contributed by atoms with Crippen molar-refractivity contribution < 1.29 is 26.3 Å². The summed E-state index contributed by atoms with van der Waals surface area (Å²) < 4.78 is 77.3. The molecule has 0 bridgehead atoms. The van der Waals surface area contributed by atoms with Crippen molar-refractivity contribution in [3.05, 3.63) is 51.8 Å². The van der Waals surface area contributed by atoms with Crippen LogP contribution in [0.5, 0.6) is 0 Å². The van der Waals surface area contributed by atoms with E-state index in [1.54, 1.807) is 0 Å². The van der Waals surface area contributed by atoms with Crippen molar-refractivity contribution in [3.63, 3.8) is 0 Å². The van der Waals surface area contributed by atoms with Gasteiger partial charge in [0.1, 0.15) is 6.54 Å². The Morgan fingerprint density at radius 2 is 1.88 bits per heavy atom. The van der Waals surface area contributed by atoms with Gasteiger partial charge in [0.2, 0.25) is 0 Å². The van der Waals surface area contributed by atoms with Gasteiger partial charge in [-0.25, -0.2) is 9.83 Å². The third-order valence-electron chi connectivity index (χ3n) is 2.98. The number of benzene rings is 1. The maximum absolute atomic E-state index is 13.0. The molecular formula is C14H9F6N3S. The molecule has 1 aromatic heterocycles. The van der Waals surface area contributed by atoms with Crippen LogP contribution in [0.1, 0.15) is 11.3 Å². The van der Waals surface area contributed by atoms with Gasteiger partial charge in [-0.1, -0.05) is 6.07 Å². The molecule has 0 unspecified atom stereocenters. The van der Waals surface area contributed by atoms with E-state index in [2.05, 4.69) is 9.83 Å². The molecule has 0 aliphatic carbocycles. The molecule has 0 N–H and O–H groups in total. The molecule has 0 atom stereocenters. The summed E-state index contributed by atoms with van der Waals surface area (Å²) in [6.45, 7) is 5.04. The number of thiazole rings is 1. The van der Waals surface area contributed by atoms with Gasteiger partial charge in [0.25, 0.3) is 0 Å². The minimum Gasteiger partial charge on any atom is -0.357 e. The Labute approximate surface area is 137 Å². The molecule has 0 aliphatic heterocycles. The van der Waals surface area contributed by atoms with E-state index in [0.717, 1.165) is 17.0 Å². The average molecular weight is 365 g/mol. The third-order valence-corrected chi connectivity index (χ3v) is 3.61. The fourth-order valence-electron chi connectivity index (χ4n) is 2.01. The van der Waals surface area contributed by atoms with Crippen LogP contribution in [-0.2, 0) is 12.7 Å². The van der Waals surface area contributed by atoms with Gasteiger partial charge in [0.05, 0.1) is 29.9 Å². The summed E-state index contributed by atoms with van der Waals surface area (Å²) in [6, 6.07) is 2.50. The predicted molar refractivity (Wildman–Crippen MR) is 76.9 cm³/mol. The SMILES string of the molecule is [C-]#[N+]c1ccc(N(Cc2cscn2)CC(F)(F)F)cc1C(F)(F)F. The summed E-state index contributed by atoms with van der Waals surface area (Å²) in [5.41, 5.74) is -0.468. The summed E-state index contributed by atoms with van der Waals surface area (Å²) in [5, 5.41) is 1.52. The van der Waals surface area contributed by atoms with Crippen LogP contribution in [0, 0.1) is 6.57 Å². The van der Waals surface area contributed by atoms with Crippen LogP contribution in [0.4, 0.5) is 37.7 Å². The van der Waals surface area contributed by atoms with Crippen molar-refractivity contribution in [2.75, 3.05) is 11.4 Å². The molecule has 2 aromatic rings. The largest absolute Gasteiger partial charge is 0.407 e. The van der Waals surface area contributed by atoms with Crippen LogP contribution in [0.25, 0.3) is 4.85 Å². The monoisotopic (exact) mass is 365 g/mol. The fourth-order valence-corrected chi connectivity index (χ4v) is 2.56. The number of anilines is 1. The molecule has 128 valence electrons. The molecule has 0 spiro atoms. The first kappa shape index (κ1) is 18.1. The lowest BCUT2D eigenvalue weighted by Crippen LogP contribution is -2.34. The number of nitrogens with zero attached hydrogens (tertiary/aromatic N) is 3. The number of hydrogen-bond donors (Lipinski definition) is 0. The topological polar surface area (TPSA) is 20.5 Å². The quantitative estimate of drug-likeness (QED) is 0.543. The van der Waals surface area contributed by atoms with E-state index in [4.69, 9.17) is 6.57 Å². The van der Waals surface area contributed by atoms with Crippen molar-refractivity contribution in [1.29, 1.82) is 0 Å². The number of aromatic nitrogens is 1. The average Bonchev–Trinajstić information content (AvgIpc) is 2.96. The summed E-state index contributed by atoms with van der Waals surface area (Å²) >= 11 is 1.17. The zero-order valence-corrected chi connectivity index (χ0v) is 12.6. The maximum Gasteiger partial charge on any atom is 0.407 e. The highest BCUT2D eigenvalue weighted by Gasteiger charge is 2.35. The van der Waals surface area contributed by atoms with Gasteiger partial charge in [-0.05, 0) is 12.1 Å². The molecule has 2 rings (SSSR count). The van der Waals surface area contributed by atoms with Gasteiger partial charge in [-0.2, -0.15) is 26.3 Å². The molecule has 0 radical (unpaired) electrons. The Morgan fingerprint density at radius 1 is 1.17 bits per heavy atom. The van der Waals surface area contributed by atoms with E-state index in [1.807, 2.05) is 0 Å².